The van der Waals surface area contributed by atoms with E-state index in [1.807, 2.05) is 19.2 Å². The summed E-state index contributed by atoms with van der Waals surface area (Å²) in [6.07, 6.45) is 2.09. The van der Waals surface area contributed by atoms with Crippen molar-refractivity contribution >= 4 is 16.9 Å². The van der Waals surface area contributed by atoms with Crippen molar-refractivity contribution in [2.24, 2.45) is 7.05 Å². The Hall–Kier alpha value is -1.97. The quantitative estimate of drug-likeness (QED) is 0.744. The third-order valence-electron chi connectivity index (χ3n) is 3.08. The summed E-state index contributed by atoms with van der Waals surface area (Å²) in [6, 6.07) is 8.22. The highest BCUT2D eigenvalue weighted by Gasteiger charge is 2.24. The monoisotopic (exact) mass is 215 g/mol. The van der Waals surface area contributed by atoms with E-state index in [1.54, 1.807) is 0 Å². The Morgan fingerprint density at radius 1 is 1.38 bits per heavy atom. The van der Waals surface area contributed by atoms with E-state index in [0.29, 0.717) is 6.54 Å². The van der Waals surface area contributed by atoms with Crippen LogP contribution in [-0.2, 0) is 7.05 Å². The minimum atomic E-state index is -0.0852. The molecule has 1 aliphatic heterocycles. The number of urea groups is 1. The van der Waals surface area contributed by atoms with E-state index >= 15 is 0 Å². The van der Waals surface area contributed by atoms with Crippen LogP contribution in [0.15, 0.2) is 30.5 Å². The molecule has 3 rings (SSSR count). The first-order valence-corrected chi connectivity index (χ1v) is 5.34. The zero-order valence-electron chi connectivity index (χ0n) is 9.03. The molecule has 16 heavy (non-hydrogen) atoms. The van der Waals surface area contributed by atoms with Crippen LogP contribution in [0.4, 0.5) is 4.79 Å². The lowest BCUT2D eigenvalue weighted by Gasteiger charge is -2.06. The average Bonchev–Trinajstić information content (AvgIpc) is 2.84. The molecule has 1 saturated heterocycles. The summed E-state index contributed by atoms with van der Waals surface area (Å²) < 4.78 is 2.09. The molecule has 0 unspecified atom stereocenters. The maximum absolute atomic E-state index is 11.1. The Balaban J connectivity index is 2.13. The Morgan fingerprint density at radius 3 is 2.94 bits per heavy atom. The molecular formula is C12H13N3O. The van der Waals surface area contributed by atoms with Gasteiger partial charge in [0.15, 0.2) is 0 Å². The summed E-state index contributed by atoms with van der Waals surface area (Å²) in [5, 5.41) is 6.90. The molecule has 1 fully saturated rings. The highest BCUT2D eigenvalue weighted by molar-refractivity contribution is 5.86. The Bertz CT molecular complexity index is 558. The van der Waals surface area contributed by atoms with Gasteiger partial charge in [0, 0.05) is 36.3 Å². The van der Waals surface area contributed by atoms with Crippen LogP contribution in [0.25, 0.3) is 10.9 Å². The van der Waals surface area contributed by atoms with Crippen molar-refractivity contribution in [2.75, 3.05) is 6.54 Å². The molecule has 0 bridgehead atoms. The number of nitrogens with zero attached hydrogens (tertiary/aromatic N) is 1. The van der Waals surface area contributed by atoms with Gasteiger partial charge in [-0.2, -0.15) is 0 Å². The fourth-order valence-electron chi connectivity index (χ4n) is 2.29. The molecule has 2 heterocycles. The van der Waals surface area contributed by atoms with Crippen molar-refractivity contribution in [3.05, 3.63) is 36.0 Å². The van der Waals surface area contributed by atoms with E-state index in [2.05, 4.69) is 33.5 Å². The molecule has 0 aliphatic carbocycles. The first kappa shape index (κ1) is 9.27. The number of amides is 2. The van der Waals surface area contributed by atoms with Crippen LogP contribution >= 0.6 is 0 Å². The third kappa shape index (κ3) is 1.26. The summed E-state index contributed by atoms with van der Waals surface area (Å²) in [4.78, 5) is 11.1. The van der Waals surface area contributed by atoms with Crippen LogP contribution in [0, 0.1) is 0 Å². The van der Waals surface area contributed by atoms with Gasteiger partial charge in [0.25, 0.3) is 0 Å². The SMILES string of the molecule is Cn1cc([C@H]2CNC(=O)N2)c2ccccc21. The highest BCUT2D eigenvalue weighted by Crippen LogP contribution is 2.26. The molecule has 4 heteroatoms. The molecular weight excluding hydrogens is 202 g/mol. The maximum Gasteiger partial charge on any atom is 0.315 e. The predicted octanol–water partition coefficient (Wildman–Crippen LogP) is 1.53. The van der Waals surface area contributed by atoms with Gasteiger partial charge >= 0.3 is 6.03 Å². The van der Waals surface area contributed by atoms with Gasteiger partial charge in [0.2, 0.25) is 0 Å². The smallest absolute Gasteiger partial charge is 0.315 e. The minimum Gasteiger partial charge on any atom is -0.350 e. The molecule has 82 valence electrons. The van der Waals surface area contributed by atoms with Gasteiger partial charge in [0.05, 0.1) is 6.04 Å². The van der Waals surface area contributed by atoms with Crippen LogP contribution in [0.3, 0.4) is 0 Å². The van der Waals surface area contributed by atoms with Gasteiger partial charge in [-0.1, -0.05) is 18.2 Å². The van der Waals surface area contributed by atoms with E-state index in [4.69, 9.17) is 0 Å². The van der Waals surface area contributed by atoms with Crippen LogP contribution in [0.5, 0.6) is 0 Å². The van der Waals surface area contributed by atoms with E-state index in [-0.39, 0.29) is 12.1 Å². The normalized spacial score (nSPS) is 19.8. The van der Waals surface area contributed by atoms with Gasteiger partial charge in [-0.25, -0.2) is 4.79 Å². The summed E-state index contributed by atoms with van der Waals surface area (Å²) >= 11 is 0. The standard InChI is InChI=1S/C12H13N3O/c1-15-7-9(10-6-13-12(16)14-10)8-4-2-3-5-11(8)15/h2-5,7,10H,6H2,1H3,(H2,13,14,16)/t10-/m1/s1. The number of rotatable bonds is 1. The largest absolute Gasteiger partial charge is 0.350 e. The second kappa shape index (κ2) is 3.27. The topological polar surface area (TPSA) is 46.1 Å². The van der Waals surface area contributed by atoms with Crippen molar-refractivity contribution in [3.8, 4) is 0 Å². The number of hydrogen-bond donors (Lipinski definition) is 2. The zero-order valence-corrected chi connectivity index (χ0v) is 9.03. The number of fused-ring (bicyclic) bond motifs is 1. The fraction of sp³-hybridized carbons (Fsp3) is 0.250. The average molecular weight is 215 g/mol. The molecule has 2 N–H and O–H groups in total. The number of carbonyl (C=O) groups excluding carboxylic acids is 1. The summed E-state index contributed by atoms with van der Waals surface area (Å²) in [5.41, 5.74) is 2.37. The Morgan fingerprint density at radius 2 is 2.19 bits per heavy atom. The van der Waals surface area contributed by atoms with Crippen LogP contribution in [0.2, 0.25) is 0 Å². The third-order valence-corrected chi connectivity index (χ3v) is 3.08. The van der Waals surface area contributed by atoms with Crippen molar-refractivity contribution in [1.82, 2.24) is 15.2 Å². The Labute approximate surface area is 93.2 Å². The van der Waals surface area contributed by atoms with E-state index < -0.39 is 0 Å². The molecule has 0 saturated carbocycles. The number of aryl methyl sites for hydroxylation is 1. The van der Waals surface area contributed by atoms with Crippen LogP contribution in [-0.4, -0.2) is 17.1 Å². The predicted molar refractivity (Wildman–Crippen MR) is 62.2 cm³/mol. The van der Waals surface area contributed by atoms with Gasteiger partial charge in [-0.15, -0.1) is 0 Å². The number of aromatic nitrogens is 1. The van der Waals surface area contributed by atoms with Crippen molar-refractivity contribution in [3.63, 3.8) is 0 Å². The minimum absolute atomic E-state index is 0.0820. The van der Waals surface area contributed by atoms with Crippen molar-refractivity contribution in [1.29, 1.82) is 0 Å². The first-order valence-electron chi connectivity index (χ1n) is 5.34. The van der Waals surface area contributed by atoms with Crippen LogP contribution < -0.4 is 10.6 Å². The molecule has 1 aromatic carbocycles. The van der Waals surface area contributed by atoms with Gasteiger partial charge in [0.1, 0.15) is 0 Å². The first-order chi connectivity index (χ1) is 7.75. The second-order valence-electron chi connectivity index (χ2n) is 4.12. The molecule has 1 aliphatic rings. The lowest BCUT2D eigenvalue weighted by molar-refractivity contribution is 0.247. The van der Waals surface area contributed by atoms with Crippen LogP contribution in [0.1, 0.15) is 11.6 Å². The number of nitrogens with one attached hydrogen (secondary N) is 2. The van der Waals surface area contributed by atoms with E-state index in [0.717, 1.165) is 0 Å². The van der Waals surface area contributed by atoms with Crippen molar-refractivity contribution in [2.45, 2.75) is 6.04 Å². The lowest BCUT2D eigenvalue weighted by Crippen LogP contribution is -2.21. The number of benzene rings is 1. The van der Waals surface area contributed by atoms with Gasteiger partial charge in [-0.3, -0.25) is 0 Å². The molecule has 4 nitrogen and oxygen atoms in total. The molecule has 1 atom stereocenters. The number of hydrogen-bond acceptors (Lipinski definition) is 1. The molecule has 2 aromatic rings. The Kier molecular flexibility index (Phi) is 1.89. The van der Waals surface area contributed by atoms with E-state index in [1.165, 1.54) is 16.5 Å². The summed E-state index contributed by atoms with van der Waals surface area (Å²) in [6.45, 7) is 0.660. The molecule has 2 amide bonds. The van der Waals surface area contributed by atoms with Crippen molar-refractivity contribution < 1.29 is 4.79 Å². The van der Waals surface area contributed by atoms with E-state index in [9.17, 15) is 4.79 Å². The molecule has 0 spiro atoms. The van der Waals surface area contributed by atoms with Gasteiger partial charge in [-0.05, 0) is 6.07 Å². The molecule has 1 aromatic heterocycles. The summed E-state index contributed by atoms with van der Waals surface area (Å²) in [5.74, 6) is 0. The lowest BCUT2D eigenvalue weighted by atomic mass is 10.1. The second-order valence-corrected chi connectivity index (χ2v) is 4.12. The number of carbonyl (C=O) groups is 1. The van der Waals surface area contributed by atoms with Gasteiger partial charge < -0.3 is 15.2 Å². The number of para-hydroxylation sites is 1. The fourth-order valence-corrected chi connectivity index (χ4v) is 2.29. The highest BCUT2D eigenvalue weighted by atomic mass is 16.2. The molecule has 0 radical (unpaired) electrons. The maximum atomic E-state index is 11.1. The summed E-state index contributed by atoms with van der Waals surface area (Å²) in [7, 11) is 2.02. The zero-order chi connectivity index (χ0) is 11.1.